The van der Waals surface area contributed by atoms with Gasteiger partial charge in [0.2, 0.25) is 5.91 Å². The van der Waals surface area contributed by atoms with Gasteiger partial charge in [0, 0.05) is 31.5 Å². The molecule has 0 unspecified atom stereocenters. The Balaban J connectivity index is 0.00000338. The van der Waals surface area contributed by atoms with Crippen LogP contribution in [0.5, 0.6) is 5.75 Å². The lowest BCUT2D eigenvalue weighted by Crippen LogP contribution is -2.39. The van der Waals surface area contributed by atoms with Crippen LogP contribution in [-0.4, -0.2) is 49.9 Å². The highest BCUT2D eigenvalue weighted by Crippen LogP contribution is 2.21. The molecule has 26 heavy (non-hydrogen) atoms. The summed E-state index contributed by atoms with van der Waals surface area (Å²) in [6, 6.07) is 7.14. The number of piperidine rings is 1. The summed E-state index contributed by atoms with van der Waals surface area (Å²) in [5.41, 5.74) is 0.641. The smallest absolute Gasteiger partial charge is 0.223 e. The monoisotopic (exact) mass is 382 g/mol. The van der Waals surface area contributed by atoms with Gasteiger partial charge in [0.25, 0.3) is 0 Å². The standard InChI is InChI=1S/C20H30N2O3.ClH/c1-3-25-18-6-4-17(5-7-18)19(23)8-9-20(24)22-14-11-16(12-15-22)10-13-21-2;/h4-7,16,21H,3,8-15H2,1-2H3;1H. The van der Waals surface area contributed by atoms with E-state index in [0.29, 0.717) is 24.5 Å². The maximum atomic E-state index is 12.3. The van der Waals surface area contributed by atoms with Crippen molar-refractivity contribution in [3.05, 3.63) is 29.8 Å². The number of nitrogens with one attached hydrogen (secondary N) is 1. The molecular weight excluding hydrogens is 352 g/mol. The molecule has 1 aromatic carbocycles. The molecule has 1 N–H and O–H groups in total. The van der Waals surface area contributed by atoms with Crippen molar-refractivity contribution < 1.29 is 14.3 Å². The molecule has 2 rings (SSSR count). The fraction of sp³-hybridized carbons (Fsp3) is 0.600. The summed E-state index contributed by atoms with van der Waals surface area (Å²) in [5.74, 6) is 1.59. The third-order valence-electron chi connectivity index (χ3n) is 4.82. The van der Waals surface area contributed by atoms with Crippen molar-refractivity contribution in [2.45, 2.75) is 39.0 Å². The molecule has 0 saturated carbocycles. The van der Waals surface area contributed by atoms with Crippen LogP contribution in [0.4, 0.5) is 0 Å². The molecule has 1 saturated heterocycles. The van der Waals surface area contributed by atoms with Crippen molar-refractivity contribution in [2.24, 2.45) is 5.92 Å². The predicted molar refractivity (Wildman–Crippen MR) is 106 cm³/mol. The molecule has 1 amide bonds. The van der Waals surface area contributed by atoms with Gasteiger partial charge in [-0.05, 0) is 70.0 Å². The SMILES string of the molecule is CCOc1ccc(C(=O)CCC(=O)N2CCC(CCNC)CC2)cc1.Cl. The number of nitrogens with zero attached hydrogens (tertiary/aromatic N) is 1. The molecular formula is C20H31ClN2O3. The number of ether oxygens (including phenoxy) is 1. The Morgan fingerprint density at radius 1 is 1.15 bits per heavy atom. The summed E-state index contributed by atoms with van der Waals surface area (Å²) in [4.78, 5) is 26.5. The van der Waals surface area contributed by atoms with Crippen LogP contribution in [0.25, 0.3) is 0 Å². The third kappa shape index (κ3) is 6.96. The summed E-state index contributed by atoms with van der Waals surface area (Å²) >= 11 is 0. The summed E-state index contributed by atoms with van der Waals surface area (Å²) in [6.07, 6.45) is 3.88. The van der Waals surface area contributed by atoms with Gasteiger partial charge < -0.3 is 15.0 Å². The van der Waals surface area contributed by atoms with E-state index in [-0.39, 0.29) is 30.5 Å². The first-order chi connectivity index (χ1) is 12.1. The maximum absolute atomic E-state index is 12.3. The minimum absolute atomic E-state index is 0. The van der Waals surface area contributed by atoms with Gasteiger partial charge in [0.05, 0.1) is 6.61 Å². The van der Waals surface area contributed by atoms with Crippen LogP contribution in [0.1, 0.15) is 49.4 Å². The van der Waals surface area contributed by atoms with Crippen LogP contribution in [0.2, 0.25) is 0 Å². The molecule has 1 fully saturated rings. The number of hydrogen-bond donors (Lipinski definition) is 1. The van der Waals surface area contributed by atoms with E-state index in [2.05, 4.69) is 5.32 Å². The molecule has 0 spiro atoms. The lowest BCUT2D eigenvalue weighted by Gasteiger charge is -2.32. The molecule has 0 aromatic heterocycles. The second-order valence-electron chi connectivity index (χ2n) is 6.60. The van der Waals surface area contributed by atoms with Crippen LogP contribution >= 0.6 is 12.4 Å². The fourth-order valence-corrected chi connectivity index (χ4v) is 3.25. The van der Waals surface area contributed by atoms with E-state index in [4.69, 9.17) is 4.74 Å². The second-order valence-corrected chi connectivity index (χ2v) is 6.60. The zero-order valence-electron chi connectivity index (χ0n) is 15.8. The molecule has 1 aliphatic heterocycles. The topological polar surface area (TPSA) is 58.6 Å². The average Bonchev–Trinajstić information content (AvgIpc) is 2.65. The third-order valence-corrected chi connectivity index (χ3v) is 4.82. The van der Waals surface area contributed by atoms with E-state index >= 15 is 0 Å². The van der Waals surface area contributed by atoms with E-state index < -0.39 is 0 Å². The van der Waals surface area contributed by atoms with Crippen molar-refractivity contribution in [2.75, 3.05) is 33.3 Å². The van der Waals surface area contributed by atoms with Crippen molar-refractivity contribution in [1.29, 1.82) is 0 Å². The number of Topliss-reactive ketones (excluding diaryl/α,β-unsaturated/α-hetero) is 1. The van der Waals surface area contributed by atoms with Gasteiger partial charge in [-0.15, -0.1) is 12.4 Å². The zero-order chi connectivity index (χ0) is 18.1. The molecule has 0 radical (unpaired) electrons. The maximum Gasteiger partial charge on any atom is 0.223 e. The van der Waals surface area contributed by atoms with E-state index in [9.17, 15) is 9.59 Å². The first-order valence-electron chi connectivity index (χ1n) is 9.32. The number of benzene rings is 1. The van der Waals surface area contributed by atoms with Gasteiger partial charge in [-0.2, -0.15) is 0 Å². The quantitative estimate of drug-likeness (QED) is 0.665. The molecule has 0 bridgehead atoms. The van der Waals surface area contributed by atoms with Crippen LogP contribution in [0.3, 0.4) is 0 Å². The molecule has 0 aliphatic carbocycles. The van der Waals surface area contributed by atoms with Gasteiger partial charge in [-0.3, -0.25) is 9.59 Å². The number of halogens is 1. The van der Waals surface area contributed by atoms with Crippen molar-refractivity contribution >= 4 is 24.1 Å². The average molecular weight is 383 g/mol. The lowest BCUT2D eigenvalue weighted by atomic mass is 9.93. The summed E-state index contributed by atoms with van der Waals surface area (Å²) < 4.78 is 5.38. The Hall–Kier alpha value is -1.59. The lowest BCUT2D eigenvalue weighted by molar-refractivity contribution is -0.132. The van der Waals surface area contributed by atoms with Gasteiger partial charge >= 0.3 is 0 Å². The Morgan fingerprint density at radius 2 is 1.81 bits per heavy atom. The minimum Gasteiger partial charge on any atom is -0.494 e. The van der Waals surface area contributed by atoms with Gasteiger partial charge in [-0.1, -0.05) is 0 Å². The first-order valence-corrected chi connectivity index (χ1v) is 9.32. The van der Waals surface area contributed by atoms with E-state index in [1.165, 1.54) is 6.42 Å². The Bertz CT molecular complexity index is 555. The fourth-order valence-electron chi connectivity index (χ4n) is 3.25. The summed E-state index contributed by atoms with van der Waals surface area (Å²) in [7, 11) is 1.97. The van der Waals surface area contributed by atoms with Gasteiger partial charge in [0.1, 0.15) is 5.75 Å². The molecule has 1 aliphatic rings. The molecule has 6 heteroatoms. The number of likely N-dealkylation sites (tertiary alicyclic amines) is 1. The minimum atomic E-state index is 0. The van der Waals surface area contributed by atoms with Crippen LogP contribution < -0.4 is 10.1 Å². The summed E-state index contributed by atoms with van der Waals surface area (Å²) in [6.45, 7) is 5.21. The molecule has 1 heterocycles. The molecule has 5 nitrogen and oxygen atoms in total. The molecule has 146 valence electrons. The highest BCUT2D eigenvalue weighted by atomic mass is 35.5. The van der Waals surface area contributed by atoms with Gasteiger partial charge in [-0.25, -0.2) is 0 Å². The normalized spacial score (nSPS) is 14.6. The van der Waals surface area contributed by atoms with Crippen LogP contribution in [0, 0.1) is 5.92 Å². The van der Waals surface area contributed by atoms with E-state index in [1.54, 1.807) is 24.3 Å². The summed E-state index contributed by atoms with van der Waals surface area (Å²) in [5, 5.41) is 3.18. The van der Waals surface area contributed by atoms with Crippen molar-refractivity contribution in [3.63, 3.8) is 0 Å². The number of carbonyl (C=O) groups excluding carboxylic acids is 2. The Labute approximate surface area is 162 Å². The van der Waals surface area contributed by atoms with E-state index in [1.807, 2.05) is 18.9 Å². The van der Waals surface area contributed by atoms with Crippen LogP contribution in [0.15, 0.2) is 24.3 Å². The van der Waals surface area contributed by atoms with Crippen molar-refractivity contribution in [3.8, 4) is 5.75 Å². The number of ketones is 1. The largest absolute Gasteiger partial charge is 0.494 e. The Morgan fingerprint density at radius 3 is 2.38 bits per heavy atom. The number of amides is 1. The van der Waals surface area contributed by atoms with Gasteiger partial charge in [0.15, 0.2) is 5.78 Å². The highest BCUT2D eigenvalue weighted by Gasteiger charge is 2.22. The molecule has 1 aromatic rings. The number of carbonyl (C=O) groups is 2. The molecule has 0 atom stereocenters. The predicted octanol–water partition coefficient (Wildman–Crippen LogP) is 3.32. The van der Waals surface area contributed by atoms with Crippen LogP contribution in [-0.2, 0) is 4.79 Å². The highest BCUT2D eigenvalue weighted by molar-refractivity contribution is 5.98. The first kappa shape index (κ1) is 22.5. The Kier molecular flexibility index (Phi) is 10.3. The van der Waals surface area contributed by atoms with Crippen molar-refractivity contribution in [1.82, 2.24) is 10.2 Å². The number of rotatable bonds is 9. The zero-order valence-corrected chi connectivity index (χ0v) is 16.6. The number of hydrogen-bond acceptors (Lipinski definition) is 4. The van der Waals surface area contributed by atoms with E-state index in [0.717, 1.165) is 38.2 Å². The second kappa shape index (κ2) is 11.9.